The molecule has 0 unspecified atom stereocenters. The summed E-state index contributed by atoms with van der Waals surface area (Å²) < 4.78 is 14.7. The van der Waals surface area contributed by atoms with Crippen LogP contribution in [0.2, 0.25) is 0 Å². The average Bonchev–Trinajstić information content (AvgIpc) is 2.59. The van der Waals surface area contributed by atoms with Crippen LogP contribution in [0.15, 0.2) is 41.2 Å². The van der Waals surface area contributed by atoms with Crippen LogP contribution < -0.4 is 16.4 Å². The summed E-state index contributed by atoms with van der Waals surface area (Å²) >= 11 is 0. The highest BCUT2D eigenvalue weighted by Crippen LogP contribution is 2.05. The molecule has 1 aromatic heterocycles. The zero-order valence-electron chi connectivity index (χ0n) is 13.1. The van der Waals surface area contributed by atoms with Gasteiger partial charge in [-0.25, -0.2) is 9.07 Å². The first-order valence-corrected chi connectivity index (χ1v) is 7.46. The average molecular weight is 332 g/mol. The van der Waals surface area contributed by atoms with Gasteiger partial charge in [0.2, 0.25) is 0 Å². The number of rotatable bonds is 5. The Morgan fingerprint density at radius 2 is 1.83 bits per heavy atom. The first kappa shape index (κ1) is 17.3. The van der Waals surface area contributed by atoms with Crippen molar-refractivity contribution in [3.8, 4) is 0 Å². The normalized spacial score (nSPS) is 10.2. The van der Waals surface area contributed by atoms with Crippen LogP contribution in [0, 0.1) is 5.82 Å². The fraction of sp³-hybridized carbons (Fsp3) is 0.250. The Morgan fingerprint density at radius 1 is 1.12 bits per heavy atom. The number of benzene rings is 1. The highest BCUT2D eigenvalue weighted by atomic mass is 19.1. The number of carbonyl (C=O) groups excluding carboxylic acids is 2. The smallest absolute Gasteiger partial charge is 0.268 e. The molecule has 1 aromatic carbocycles. The molecule has 2 rings (SSSR count). The number of aryl methyl sites for hydroxylation is 1. The van der Waals surface area contributed by atoms with Crippen molar-refractivity contribution in [2.24, 2.45) is 0 Å². The summed E-state index contributed by atoms with van der Waals surface area (Å²) in [4.78, 5) is 35.5. The van der Waals surface area contributed by atoms with Gasteiger partial charge in [-0.15, -0.1) is 0 Å². The van der Waals surface area contributed by atoms with Crippen LogP contribution in [-0.2, 0) is 6.54 Å². The van der Waals surface area contributed by atoms with Gasteiger partial charge in [0.05, 0.1) is 5.56 Å². The molecular formula is C16H17FN4O3. The maximum atomic E-state index is 13.5. The second-order valence-electron chi connectivity index (χ2n) is 5.02. The van der Waals surface area contributed by atoms with Crippen LogP contribution in [-0.4, -0.2) is 21.6 Å². The van der Waals surface area contributed by atoms with E-state index in [2.05, 4.69) is 16.0 Å². The molecule has 0 aliphatic carbocycles. The third-order valence-corrected chi connectivity index (χ3v) is 3.23. The predicted octanol–water partition coefficient (Wildman–Crippen LogP) is 1.26. The van der Waals surface area contributed by atoms with Crippen molar-refractivity contribution in [3.05, 3.63) is 63.8 Å². The van der Waals surface area contributed by atoms with E-state index >= 15 is 0 Å². The lowest BCUT2D eigenvalue weighted by Gasteiger charge is -2.09. The van der Waals surface area contributed by atoms with Crippen LogP contribution in [0.1, 0.15) is 40.6 Å². The summed E-state index contributed by atoms with van der Waals surface area (Å²) in [5, 5.41) is 3.94. The Labute approximate surface area is 137 Å². The van der Waals surface area contributed by atoms with Gasteiger partial charge in [0, 0.05) is 12.6 Å². The number of hydrogen-bond acceptors (Lipinski definition) is 4. The van der Waals surface area contributed by atoms with Gasteiger partial charge in [0.15, 0.2) is 5.69 Å². The fourth-order valence-electron chi connectivity index (χ4n) is 1.93. The van der Waals surface area contributed by atoms with Crippen LogP contribution >= 0.6 is 0 Å². The molecular weight excluding hydrogens is 315 g/mol. The third-order valence-electron chi connectivity index (χ3n) is 3.23. The molecule has 8 heteroatoms. The van der Waals surface area contributed by atoms with E-state index in [1.165, 1.54) is 35.0 Å². The standard InChI is InChI=1S/C16H17FN4O3/c1-2-3-10-21-14(22)9-8-13(20-21)16(24)19-18-15(23)11-6-4-5-7-12(11)17/h4-9H,2-3,10H2,1H3,(H,18,23)(H,19,24). The van der Waals surface area contributed by atoms with Crippen molar-refractivity contribution < 1.29 is 14.0 Å². The van der Waals surface area contributed by atoms with Crippen LogP contribution in [0.25, 0.3) is 0 Å². The largest absolute Gasteiger partial charge is 0.290 e. The van der Waals surface area contributed by atoms with E-state index in [-0.39, 0.29) is 16.8 Å². The topological polar surface area (TPSA) is 93.1 Å². The molecule has 2 N–H and O–H groups in total. The van der Waals surface area contributed by atoms with E-state index in [9.17, 15) is 18.8 Å². The summed E-state index contributed by atoms with van der Waals surface area (Å²) in [5.41, 5.74) is 3.72. The Kier molecular flexibility index (Phi) is 5.78. The van der Waals surface area contributed by atoms with Gasteiger partial charge in [0.25, 0.3) is 17.4 Å². The second kappa shape index (κ2) is 8.00. The van der Waals surface area contributed by atoms with E-state index in [0.29, 0.717) is 6.54 Å². The maximum absolute atomic E-state index is 13.5. The Balaban J connectivity index is 2.03. The highest BCUT2D eigenvalue weighted by Gasteiger charge is 2.14. The summed E-state index contributed by atoms with van der Waals surface area (Å²) in [6, 6.07) is 7.88. The van der Waals surface area contributed by atoms with Crippen molar-refractivity contribution in [2.75, 3.05) is 0 Å². The number of amides is 2. The van der Waals surface area contributed by atoms with Crippen LogP contribution in [0.3, 0.4) is 0 Å². The monoisotopic (exact) mass is 332 g/mol. The maximum Gasteiger partial charge on any atom is 0.290 e. The minimum Gasteiger partial charge on any atom is -0.268 e. The van der Waals surface area contributed by atoms with E-state index in [0.717, 1.165) is 18.9 Å². The fourth-order valence-corrected chi connectivity index (χ4v) is 1.93. The van der Waals surface area contributed by atoms with Gasteiger partial charge in [-0.05, 0) is 24.6 Å². The van der Waals surface area contributed by atoms with Gasteiger partial charge in [0.1, 0.15) is 5.82 Å². The molecule has 24 heavy (non-hydrogen) atoms. The molecule has 0 saturated carbocycles. The van der Waals surface area contributed by atoms with Crippen molar-refractivity contribution in [1.29, 1.82) is 0 Å². The van der Waals surface area contributed by atoms with Crippen LogP contribution in [0.5, 0.6) is 0 Å². The SMILES string of the molecule is CCCCn1nc(C(=O)NNC(=O)c2ccccc2F)ccc1=O. The number of nitrogens with zero attached hydrogens (tertiary/aromatic N) is 2. The minimum absolute atomic E-state index is 0.0282. The summed E-state index contributed by atoms with van der Waals surface area (Å²) in [5.74, 6) is -2.19. The molecule has 126 valence electrons. The van der Waals surface area contributed by atoms with Gasteiger partial charge < -0.3 is 0 Å². The molecule has 0 spiro atoms. The lowest BCUT2D eigenvalue weighted by atomic mass is 10.2. The molecule has 0 atom stereocenters. The number of carbonyl (C=O) groups is 2. The zero-order chi connectivity index (χ0) is 17.5. The third kappa shape index (κ3) is 4.25. The van der Waals surface area contributed by atoms with Gasteiger partial charge >= 0.3 is 0 Å². The van der Waals surface area contributed by atoms with E-state index in [1.54, 1.807) is 0 Å². The molecule has 0 aliphatic rings. The summed E-state index contributed by atoms with van der Waals surface area (Å²) in [6.45, 7) is 2.37. The molecule has 0 aliphatic heterocycles. The molecule has 0 radical (unpaired) electrons. The number of nitrogens with one attached hydrogen (secondary N) is 2. The van der Waals surface area contributed by atoms with Gasteiger partial charge in [-0.1, -0.05) is 25.5 Å². The molecule has 0 fully saturated rings. The molecule has 2 aromatic rings. The number of halogens is 1. The van der Waals surface area contributed by atoms with Crippen molar-refractivity contribution in [1.82, 2.24) is 20.6 Å². The number of unbranched alkanes of at least 4 members (excludes halogenated alkanes) is 1. The van der Waals surface area contributed by atoms with Crippen molar-refractivity contribution in [3.63, 3.8) is 0 Å². The number of hydrogen-bond donors (Lipinski definition) is 2. The van der Waals surface area contributed by atoms with E-state index < -0.39 is 17.6 Å². The number of hydrazine groups is 1. The highest BCUT2D eigenvalue weighted by molar-refractivity contribution is 5.98. The van der Waals surface area contributed by atoms with Crippen LogP contribution in [0.4, 0.5) is 4.39 Å². The minimum atomic E-state index is -0.791. The summed E-state index contributed by atoms with van der Waals surface area (Å²) in [7, 11) is 0. The zero-order valence-corrected chi connectivity index (χ0v) is 13.1. The summed E-state index contributed by atoms with van der Waals surface area (Å²) in [6.07, 6.45) is 1.63. The first-order valence-electron chi connectivity index (χ1n) is 7.46. The Morgan fingerprint density at radius 3 is 2.54 bits per heavy atom. The van der Waals surface area contributed by atoms with Gasteiger partial charge in [-0.3, -0.25) is 25.2 Å². The first-order chi connectivity index (χ1) is 11.5. The quantitative estimate of drug-likeness (QED) is 0.806. The predicted molar refractivity (Wildman–Crippen MR) is 84.7 cm³/mol. The molecule has 2 amide bonds. The Bertz CT molecular complexity index is 804. The van der Waals surface area contributed by atoms with E-state index in [1.807, 2.05) is 6.92 Å². The second-order valence-corrected chi connectivity index (χ2v) is 5.02. The van der Waals surface area contributed by atoms with Crippen molar-refractivity contribution >= 4 is 11.8 Å². The molecule has 0 saturated heterocycles. The van der Waals surface area contributed by atoms with E-state index in [4.69, 9.17) is 0 Å². The molecule has 7 nitrogen and oxygen atoms in total. The number of aromatic nitrogens is 2. The molecule has 0 bridgehead atoms. The Hall–Kier alpha value is -3.03. The van der Waals surface area contributed by atoms with Gasteiger partial charge in [-0.2, -0.15) is 5.10 Å². The lowest BCUT2D eigenvalue weighted by Crippen LogP contribution is -2.42. The van der Waals surface area contributed by atoms with Crippen molar-refractivity contribution in [2.45, 2.75) is 26.3 Å². The lowest BCUT2D eigenvalue weighted by molar-refractivity contribution is 0.0840. The molecule has 1 heterocycles.